The Morgan fingerprint density at radius 2 is 1.77 bits per heavy atom. The molecule has 0 aliphatic carbocycles. The van der Waals surface area contributed by atoms with Crippen molar-refractivity contribution in [3.05, 3.63) is 34.3 Å². The third kappa shape index (κ3) is 2.25. The highest BCUT2D eigenvalue weighted by Crippen LogP contribution is 2.32. The molecular weight excluding hydrogens is 242 g/mol. The Kier molecular flexibility index (Phi) is 3.03. The maximum atomic E-state index is 13.1. The fourth-order valence-electron chi connectivity index (χ4n) is 0.913. The molecule has 0 radical (unpaired) electrons. The number of aliphatic hydroxyl groups is 1. The van der Waals surface area contributed by atoms with E-state index in [1.54, 1.807) is 0 Å². The maximum absolute atomic E-state index is 13.1. The van der Waals surface area contributed by atoms with Gasteiger partial charge in [-0.05, 0) is 19.1 Å². The predicted octanol–water partition coefficient (Wildman–Crippen LogP) is 2.92. The lowest BCUT2D eigenvalue weighted by Crippen LogP contribution is -2.27. The van der Waals surface area contributed by atoms with Gasteiger partial charge in [0, 0.05) is 10.0 Å². The summed E-state index contributed by atoms with van der Waals surface area (Å²) in [6, 6.07) is 5.62. The number of benzene rings is 1. The Bertz CT molecular complexity index is 282. The zero-order valence-corrected chi connectivity index (χ0v) is 8.55. The van der Waals surface area contributed by atoms with E-state index in [-0.39, 0.29) is 5.56 Å². The largest absolute Gasteiger partial charge is 0.387 e. The summed E-state index contributed by atoms with van der Waals surface area (Å²) in [6.45, 7) is 1.07. The van der Waals surface area contributed by atoms with Gasteiger partial charge in [0.15, 0.2) is 0 Å². The fourth-order valence-corrected chi connectivity index (χ4v) is 1.18. The van der Waals surface area contributed by atoms with E-state index in [1.807, 2.05) is 0 Å². The average Bonchev–Trinajstić information content (AvgIpc) is 2.04. The summed E-state index contributed by atoms with van der Waals surface area (Å²) in [5.41, 5.74) is -0.175. The van der Waals surface area contributed by atoms with Crippen molar-refractivity contribution in [1.29, 1.82) is 0 Å². The van der Waals surface area contributed by atoms with Gasteiger partial charge in [0.05, 0.1) is 0 Å². The predicted molar refractivity (Wildman–Crippen MR) is 49.7 cm³/mol. The van der Waals surface area contributed by atoms with Crippen LogP contribution in [-0.4, -0.2) is 11.2 Å². The molecule has 0 fully saturated rings. The van der Waals surface area contributed by atoms with Gasteiger partial charge in [-0.3, -0.25) is 0 Å². The smallest absolute Gasteiger partial charge is 0.298 e. The molecule has 0 aliphatic rings. The van der Waals surface area contributed by atoms with Crippen LogP contribution in [0.25, 0.3) is 0 Å². The summed E-state index contributed by atoms with van der Waals surface area (Å²) in [5.74, 6) is -3.18. The molecule has 1 nitrogen and oxygen atoms in total. The molecule has 0 heterocycles. The quantitative estimate of drug-likeness (QED) is 0.856. The minimum atomic E-state index is -3.18. The summed E-state index contributed by atoms with van der Waals surface area (Å²) in [5, 5.41) is 8.84. The Morgan fingerprint density at radius 3 is 2.15 bits per heavy atom. The van der Waals surface area contributed by atoms with Crippen LogP contribution in [0.2, 0.25) is 0 Å². The third-order valence-electron chi connectivity index (χ3n) is 1.75. The Morgan fingerprint density at radius 1 is 1.31 bits per heavy atom. The van der Waals surface area contributed by atoms with Gasteiger partial charge in [-0.15, -0.1) is 0 Å². The van der Waals surface area contributed by atoms with E-state index in [0.29, 0.717) is 0 Å². The summed E-state index contributed by atoms with van der Waals surface area (Å²) >= 11 is 3.14. The molecule has 0 saturated carbocycles. The van der Waals surface area contributed by atoms with Crippen LogP contribution >= 0.6 is 15.9 Å². The molecule has 1 unspecified atom stereocenters. The van der Waals surface area contributed by atoms with E-state index < -0.39 is 12.0 Å². The molecule has 13 heavy (non-hydrogen) atoms. The molecule has 1 rings (SSSR count). The molecule has 0 amide bonds. The Balaban J connectivity index is 3.01. The second kappa shape index (κ2) is 3.72. The van der Waals surface area contributed by atoms with Crippen molar-refractivity contribution in [3.63, 3.8) is 0 Å². The van der Waals surface area contributed by atoms with Gasteiger partial charge in [-0.1, -0.05) is 28.1 Å². The van der Waals surface area contributed by atoms with Gasteiger partial charge >= 0.3 is 0 Å². The number of hydrogen-bond acceptors (Lipinski definition) is 1. The monoisotopic (exact) mass is 250 g/mol. The SMILES string of the molecule is CC(O)C(F)(F)c1ccc(Br)cc1. The van der Waals surface area contributed by atoms with Gasteiger partial charge in [0.2, 0.25) is 0 Å². The minimum absolute atomic E-state index is 0.175. The molecule has 0 bridgehead atoms. The second-order valence-corrected chi connectivity index (χ2v) is 3.72. The molecule has 0 spiro atoms. The van der Waals surface area contributed by atoms with E-state index in [0.717, 1.165) is 11.4 Å². The van der Waals surface area contributed by atoms with E-state index >= 15 is 0 Å². The number of aliphatic hydroxyl groups excluding tert-OH is 1. The topological polar surface area (TPSA) is 20.2 Å². The van der Waals surface area contributed by atoms with Gasteiger partial charge in [-0.25, -0.2) is 0 Å². The highest BCUT2D eigenvalue weighted by molar-refractivity contribution is 9.10. The van der Waals surface area contributed by atoms with Crippen molar-refractivity contribution in [2.24, 2.45) is 0 Å². The van der Waals surface area contributed by atoms with Crippen molar-refractivity contribution in [2.75, 3.05) is 0 Å². The minimum Gasteiger partial charge on any atom is -0.387 e. The van der Waals surface area contributed by atoms with Crippen LogP contribution in [0.1, 0.15) is 12.5 Å². The first-order valence-electron chi connectivity index (χ1n) is 3.76. The number of alkyl halides is 2. The molecule has 1 atom stereocenters. The molecule has 0 saturated heterocycles. The van der Waals surface area contributed by atoms with Crippen molar-refractivity contribution in [2.45, 2.75) is 19.0 Å². The van der Waals surface area contributed by atoms with Gasteiger partial charge in [0.25, 0.3) is 5.92 Å². The van der Waals surface area contributed by atoms with Crippen molar-refractivity contribution < 1.29 is 13.9 Å². The van der Waals surface area contributed by atoms with Crippen LogP contribution in [0.4, 0.5) is 8.78 Å². The normalized spacial score (nSPS) is 14.2. The zero-order valence-electron chi connectivity index (χ0n) is 6.97. The third-order valence-corrected chi connectivity index (χ3v) is 2.28. The number of halogens is 3. The number of hydrogen-bond donors (Lipinski definition) is 1. The lowest BCUT2D eigenvalue weighted by atomic mass is 10.0. The highest BCUT2D eigenvalue weighted by atomic mass is 79.9. The molecule has 1 aromatic carbocycles. The van der Waals surface area contributed by atoms with Gasteiger partial charge in [-0.2, -0.15) is 8.78 Å². The first-order valence-corrected chi connectivity index (χ1v) is 4.56. The molecule has 0 aromatic heterocycles. The van der Waals surface area contributed by atoms with Crippen LogP contribution in [0.3, 0.4) is 0 Å². The molecule has 0 aliphatic heterocycles. The molecule has 1 N–H and O–H groups in total. The lowest BCUT2D eigenvalue weighted by Gasteiger charge is -2.19. The van der Waals surface area contributed by atoms with Crippen LogP contribution in [-0.2, 0) is 5.92 Å². The van der Waals surface area contributed by atoms with Crippen molar-refractivity contribution in [3.8, 4) is 0 Å². The molecular formula is C9H9BrF2O. The highest BCUT2D eigenvalue weighted by Gasteiger charge is 2.37. The van der Waals surface area contributed by atoms with Crippen LogP contribution in [0.5, 0.6) is 0 Å². The molecule has 1 aromatic rings. The standard InChI is InChI=1S/C9H9BrF2O/c1-6(13)9(11,12)7-2-4-8(10)5-3-7/h2-6,13H,1H3. The maximum Gasteiger partial charge on any atom is 0.298 e. The first-order chi connectivity index (χ1) is 5.94. The van der Waals surface area contributed by atoms with E-state index in [1.165, 1.54) is 24.3 Å². The van der Waals surface area contributed by atoms with E-state index in [9.17, 15) is 8.78 Å². The van der Waals surface area contributed by atoms with Crippen LogP contribution in [0.15, 0.2) is 28.7 Å². The van der Waals surface area contributed by atoms with Crippen LogP contribution in [0, 0.1) is 0 Å². The molecule has 72 valence electrons. The summed E-state index contributed by atoms with van der Waals surface area (Å²) in [7, 11) is 0. The second-order valence-electron chi connectivity index (χ2n) is 2.81. The van der Waals surface area contributed by atoms with Crippen molar-refractivity contribution >= 4 is 15.9 Å². The average molecular weight is 251 g/mol. The zero-order chi connectivity index (χ0) is 10.1. The summed E-state index contributed by atoms with van der Waals surface area (Å²) in [4.78, 5) is 0. The summed E-state index contributed by atoms with van der Waals surface area (Å²) in [6.07, 6.45) is -1.67. The Hall–Kier alpha value is -0.480. The van der Waals surface area contributed by atoms with Crippen molar-refractivity contribution in [1.82, 2.24) is 0 Å². The summed E-state index contributed by atoms with van der Waals surface area (Å²) < 4.78 is 27.0. The molecule has 4 heteroatoms. The van der Waals surface area contributed by atoms with E-state index in [2.05, 4.69) is 15.9 Å². The van der Waals surface area contributed by atoms with Crippen LogP contribution < -0.4 is 0 Å². The van der Waals surface area contributed by atoms with Gasteiger partial charge in [0.1, 0.15) is 6.10 Å². The van der Waals surface area contributed by atoms with E-state index in [4.69, 9.17) is 5.11 Å². The fraction of sp³-hybridized carbons (Fsp3) is 0.333. The first kappa shape index (κ1) is 10.6. The van der Waals surface area contributed by atoms with Gasteiger partial charge < -0.3 is 5.11 Å². The lowest BCUT2D eigenvalue weighted by molar-refractivity contribution is -0.106. The number of rotatable bonds is 2. The Labute approximate surface area is 83.5 Å².